The standard InChI is InChI=1S/C22H19ClFN3O4/c1-13-8-10-25(11-9-13)20-19(14-2-4-15(5-3-14)27(30)31)21(28)26(22(20)29)16-6-7-18(24)17(23)12-16/h2-7,12-13H,8-11H2,1H3. The van der Waals surface area contributed by atoms with Crippen LogP contribution in [-0.4, -0.2) is 34.7 Å². The highest BCUT2D eigenvalue weighted by Crippen LogP contribution is 2.37. The first-order valence-electron chi connectivity index (χ1n) is 9.86. The van der Waals surface area contributed by atoms with E-state index < -0.39 is 22.6 Å². The average Bonchev–Trinajstić information content (AvgIpc) is 3.01. The van der Waals surface area contributed by atoms with Gasteiger partial charge in [0, 0.05) is 25.2 Å². The van der Waals surface area contributed by atoms with E-state index in [0.29, 0.717) is 24.6 Å². The molecule has 7 nitrogen and oxygen atoms in total. The molecule has 0 saturated carbocycles. The Bertz CT molecular complexity index is 1110. The first-order valence-corrected chi connectivity index (χ1v) is 10.2. The third kappa shape index (κ3) is 3.79. The zero-order chi connectivity index (χ0) is 22.3. The summed E-state index contributed by atoms with van der Waals surface area (Å²) in [6.07, 6.45) is 1.75. The van der Waals surface area contributed by atoms with E-state index in [0.717, 1.165) is 23.8 Å². The molecule has 9 heteroatoms. The van der Waals surface area contributed by atoms with Crippen LogP contribution in [0.25, 0.3) is 5.57 Å². The van der Waals surface area contributed by atoms with Crippen molar-refractivity contribution in [2.45, 2.75) is 19.8 Å². The van der Waals surface area contributed by atoms with E-state index in [-0.39, 0.29) is 27.7 Å². The summed E-state index contributed by atoms with van der Waals surface area (Å²) in [5, 5.41) is 10.8. The number of nitro groups is 1. The van der Waals surface area contributed by atoms with Crippen molar-refractivity contribution in [2.24, 2.45) is 5.92 Å². The van der Waals surface area contributed by atoms with E-state index in [1.54, 1.807) is 0 Å². The van der Waals surface area contributed by atoms with E-state index in [1.807, 2.05) is 4.90 Å². The van der Waals surface area contributed by atoms with Crippen LogP contribution in [-0.2, 0) is 9.59 Å². The molecule has 1 saturated heterocycles. The van der Waals surface area contributed by atoms with Crippen LogP contribution in [0.5, 0.6) is 0 Å². The maximum absolute atomic E-state index is 13.6. The second kappa shape index (κ2) is 8.11. The molecule has 0 spiro atoms. The second-order valence-corrected chi connectivity index (χ2v) is 8.15. The molecule has 2 aromatic rings. The summed E-state index contributed by atoms with van der Waals surface area (Å²) >= 11 is 5.88. The van der Waals surface area contributed by atoms with Crippen LogP contribution in [0.1, 0.15) is 25.3 Å². The lowest BCUT2D eigenvalue weighted by atomic mass is 9.97. The number of carbonyl (C=O) groups excluding carboxylic acids is 2. The molecule has 0 unspecified atom stereocenters. The Labute approximate surface area is 182 Å². The highest BCUT2D eigenvalue weighted by molar-refractivity contribution is 6.45. The van der Waals surface area contributed by atoms with Crippen LogP contribution in [0.2, 0.25) is 5.02 Å². The van der Waals surface area contributed by atoms with Crippen LogP contribution in [0.4, 0.5) is 15.8 Å². The maximum Gasteiger partial charge on any atom is 0.282 e. The van der Waals surface area contributed by atoms with Gasteiger partial charge < -0.3 is 4.90 Å². The van der Waals surface area contributed by atoms with Gasteiger partial charge in [0.1, 0.15) is 11.5 Å². The molecular weight excluding hydrogens is 425 g/mol. The molecule has 2 aromatic carbocycles. The number of nitro benzene ring substituents is 1. The van der Waals surface area contributed by atoms with Gasteiger partial charge in [0.25, 0.3) is 17.5 Å². The normalized spacial score (nSPS) is 17.6. The Morgan fingerprint density at radius 2 is 1.71 bits per heavy atom. The third-order valence-corrected chi connectivity index (χ3v) is 5.98. The van der Waals surface area contributed by atoms with Gasteiger partial charge in [-0.05, 0) is 54.7 Å². The SMILES string of the molecule is CC1CCN(C2=C(c3ccc([N+](=O)[O-])cc3)C(=O)N(c3ccc(F)c(Cl)c3)C2=O)CC1. The summed E-state index contributed by atoms with van der Waals surface area (Å²) in [5.74, 6) is -1.23. The predicted molar refractivity (Wildman–Crippen MR) is 114 cm³/mol. The van der Waals surface area contributed by atoms with Crippen molar-refractivity contribution in [1.29, 1.82) is 0 Å². The van der Waals surface area contributed by atoms with Gasteiger partial charge in [0.2, 0.25) is 0 Å². The third-order valence-electron chi connectivity index (χ3n) is 5.69. The smallest absolute Gasteiger partial charge is 0.282 e. The fourth-order valence-corrected chi connectivity index (χ4v) is 4.09. The lowest BCUT2D eigenvalue weighted by Gasteiger charge is -2.32. The molecule has 0 radical (unpaired) electrons. The predicted octanol–water partition coefficient (Wildman–Crippen LogP) is 4.40. The number of amides is 2. The largest absolute Gasteiger partial charge is 0.366 e. The first kappa shape index (κ1) is 21.0. The zero-order valence-electron chi connectivity index (χ0n) is 16.7. The number of benzene rings is 2. The zero-order valence-corrected chi connectivity index (χ0v) is 17.4. The first-order chi connectivity index (χ1) is 14.8. The van der Waals surface area contributed by atoms with Gasteiger partial charge in [0.05, 0.1) is 21.2 Å². The molecule has 2 heterocycles. The monoisotopic (exact) mass is 443 g/mol. The van der Waals surface area contributed by atoms with Crippen molar-refractivity contribution < 1.29 is 18.9 Å². The Kier molecular flexibility index (Phi) is 5.49. The molecule has 1 fully saturated rings. The summed E-state index contributed by atoms with van der Waals surface area (Å²) in [4.78, 5) is 40.2. The van der Waals surface area contributed by atoms with Crippen LogP contribution < -0.4 is 4.90 Å². The van der Waals surface area contributed by atoms with Crippen LogP contribution in [0, 0.1) is 21.8 Å². The number of nitrogens with zero attached hydrogens (tertiary/aromatic N) is 3. The number of piperidine rings is 1. The summed E-state index contributed by atoms with van der Waals surface area (Å²) in [7, 11) is 0. The topological polar surface area (TPSA) is 83.8 Å². The van der Waals surface area contributed by atoms with E-state index in [4.69, 9.17) is 11.6 Å². The van der Waals surface area contributed by atoms with Crippen molar-refractivity contribution in [3.05, 3.63) is 74.7 Å². The Balaban J connectivity index is 1.80. The summed E-state index contributed by atoms with van der Waals surface area (Å²) in [6.45, 7) is 3.37. The molecule has 0 aliphatic carbocycles. The molecule has 0 N–H and O–H groups in total. The average molecular weight is 444 g/mol. The molecular formula is C22H19ClFN3O4. The number of imide groups is 1. The Morgan fingerprint density at radius 3 is 2.29 bits per heavy atom. The highest BCUT2D eigenvalue weighted by Gasteiger charge is 2.43. The molecule has 2 amide bonds. The Hall–Kier alpha value is -3.26. The van der Waals surface area contributed by atoms with Crippen LogP contribution >= 0.6 is 11.6 Å². The number of carbonyl (C=O) groups is 2. The fraction of sp³-hybridized carbons (Fsp3) is 0.273. The van der Waals surface area contributed by atoms with Crippen molar-refractivity contribution >= 4 is 40.4 Å². The van der Waals surface area contributed by atoms with Gasteiger partial charge in [-0.15, -0.1) is 0 Å². The van der Waals surface area contributed by atoms with Gasteiger partial charge in [-0.3, -0.25) is 19.7 Å². The number of non-ortho nitro benzene ring substituents is 1. The van der Waals surface area contributed by atoms with Crippen LogP contribution in [0.15, 0.2) is 48.2 Å². The van der Waals surface area contributed by atoms with Crippen molar-refractivity contribution in [3.63, 3.8) is 0 Å². The molecule has 4 rings (SSSR count). The quantitative estimate of drug-likeness (QED) is 0.397. The number of anilines is 1. The molecule has 31 heavy (non-hydrogen) atoms. The van der Waals surface area contributed by atoms with E-state index in [1.165, 1.54) is 36.4 Å². The summed E-state index contributed by atoms with van der Waals surface area (Å²) < 4.78 is 13.6. The number of hydrogen-bond donors (Lipinski definition) is 0. The van der Waals surface area contributed by atoms with Crippen molar-refractivity contribution in [3.8, 4) is 0 Å². The molecule has 0 atom stereocenters. The highest BCUT2D eigenvalue weighted by atomic mass is 35.5. The van der Waals surface area contributed by atoms with Gasteiger partial charge in [-0.1, -0.05) is 18.5 Å². The van der Waals surface area contributed by atoms with Gasteiger partial charge in [-0.2, -0.15) is 0 Å². The Morgan fingerprint density at radius 1 is 1.06 bits per heavy atom. The second-order valence-electron chi connectivity index (χ2n) is 7.74. The fourth-order valence-electron chi connectivity index (χ4n) is 3.91. The number of halogens is 2. The summed E-state index contributed by atoms with van der Waals surface area (Å²) in [6, 6.07) is 9.19. The van der Waals surface area contributed by atoms with Gasteiger partial charge in [0.15, 0.2) is 0 Å². The van der Waals surface area contributed by atoms with Crippen LogP contribution in [0.3, 0.4) is 0 Å². The van der Waals surface area contributed by atoms with Gasteiger partial charge in [-0.25, -0.2) is 9.29 Å². The number of hydrogen-bond acceptors (Lipinski definition) is 5. The van der Waals surface area contributed by atoms with Gasteiger partial charge >= 0.3 is 0 Å². The lowest BCUT2D eigenvalue weighted by Crippen LogP contribution is -2.38. The van der Waals surface area contributed by atoms with Crippen molar-refractivity contribution in [2.75, 3.05) is 18.0 Å². The molecule has 160 valence electrons. The molecule has 2 aliphatic rings. The van der Waals surface area contributed by atoms with Crippen molar-refractivity contribution in [1.82, 2.24) is 4.90 Å². The maximum atomic E-state index is 13.6. The minimum Gasteiger partial charge on any atom is -0.366 e. The lowest BCUT2D eigenvalue weighted by molar-refractivity contribution is -0.384. The minimum atomic E-state index is -0.654. The molecule has 0 aromatic heterocycles. The number of likely N-dealkylation sites (tertiary alicyclic amines) is 1. The summed E-state index contributed by atoms with van der Waals surface area (Å²) in [5.41, 5.74) is 0.896. The van der Waals surface area contributed by atoms with E-state index >= 15 is 0 Å². The molecule has 0 bridgehead atoms. The number of rotatable bonds is 4. The van der Waals surface area contributed by atoms with E-state index in [9.17, 15) is 24.1 Å². The van der Waals surface area contributed by atoms with E-state index in [2.05, 4.69) is 6.92 Å². The minimum absolute atomic E-state index is 0.114. The molecule has 2 aliphatic heterocycles.